The van der Waals surface area contributed by atoms with Gasteiger partial charge in [0.25, 0.3) is 0 Å². The first-order valence-electron chi connectivity index (χ1n) is 7.01. The van der Waals surface area contributed by atoms with Crippen LogP contribution in [0.4, 0.5) is 0 Å². The van der Waals surface area contributed by atoms with Crippen LogP contribution in [0.3, 0.4) is 0 Å². The molecule has 1 atom stereocenters. The van der Waals surface area contributed by atoms with Gasteiger partial charge >= 0.3 is 0 Å². The third-order valence-corrected chi connectivity index (χ3v) is 4.01. The normalized spacial score (nSPS) is 16.4. The molecule has 2 heterocycles. The summed E-state index contributed by atoms with van der Waals surface area (Å²) in [5, 5.41) is 0. The van der Waals surface area contributed by atoms with Crippen molar-refractivity contribution in [1.29, 1.82) is 0 Å². The molecule has 0 radical (unpaired) electrons. The molecule has 100 valence electrons. The molecule has 0 aromatic carbocycles. The van der Waals surface area contributed by atoms with Gasteiger partial charge in [0, 0.05) is 36.3 Å². The molecule has 0 aliphatic heterocycles. The van der Waals surface area contributed by atoms with Gasteiger partial charge in [-0.3, -0.25) is 4.79 Å². The maximum atomic E-state index is 11.8. The molecule has 0 spiro atoms. The van der Waals surface area contributed by atoms with Crippen molar-refractivity contribution in [2.45, 2.75) is 45.1 Å². The van der Waals surface area contributed by atoms with E-state index in [9.17, 15) is 4.79 Å². The van der Waals surface area contributed by atoms with Crippen LogP contribution in [0.2, 0.25) is 0 Å². The largest absolute Gasteiger partial charge is 0.469 e. The average molecular weight is 257 g/mol. The van der Waals surface area contributed by atoms with E-state index in [1.54, 1.807) is 6.26 Å². The summed E-state index contributed by atoms with van der Waals surface area (Å²) < 4.78 is 7.64. The van der Waals surface area contributed by atoms with Gasteiger partial charge in [-0.25, -0.2) is 0 Å². The minimum absolute atomic E-state index is 0.304. The predicted octanol–water partition coefficient (Wildman–Crippen LogP) is 3.79. The van der Waals surface area contributed by atoms with Gasteiger partial charge in [0.15, 0.2) is 5.78 Å². The lowest BCUT2D eigenvalue weighted by Crippen LogP contribution is -2.15. The topological polar surface area (TPSA) is 35.1 Å². The lowest BCUT2D eigenvalue weighted by Gasteiger charge is -2.20. The molecule has 0 bridgehead atoms. The summed E-state index contributed by atoms with van der Waals surface area (Å²) in [7, 11) is 0. The van der Waals surface area contributed by atoms with Crippen LogP contribution < -0.4 is 0 Å². The highest BCUT2D eigenvalue weighted by Gasteiger charge is 2.22. The Kier molecular flexibility index (Phi) is 3.28. The van der Waals surface area contributed by atoms with Gasteiger partial charge in [-0.05, 0) is 44.4 Å². The fourth-order valence-electron chi connectivity index (χ4n) is 2.91. The molecule has 0 amide bonds. The maximum absolute atomic E-state index is 11.8. The maximum Gasteiger partial charge on any atom is 0.164 e. The van der Waals surface area contributed by atoms with E-state index in [2.05, 4.69) is 17.7 Å². The molecule has 19 heavy (non-hydrogen) atoms. The van der Waals surface area contributed by atoms with E-state index >= 15 is 0 Å². The number of furan rings is 1. The summed E-state index contributed by atoms with van der Waals surface area (Å²) in [4.78, 5) is 11.8. The van der Waals surface area contributed by atoms with Crippen molar-refractivity contribution in [1.82, 2.24) is 4.57 Å². The minimum Gasteiger partial charge on any atom is -0.469 e. The van der Waals surface area contributed by atoms with Crippen molar-refractivity contribution in [2.75, 3.05) is 0 Å². The van der Waals surface area contributed by atoms with Crippen LogP contribution in [0.15, 0.2) is 35.1 Å². The Hall–Kier alpha value is -1.77. The van der Waals surface area contributed by atoms with Crippen LogP contribution in [-0.4, -0.2) is 10.4 Å². The number of aromatic nitrogens is 1. The van der Waals surface area contributed by atoms with E-state index in [0.29, 0.717) is 18.2 Å². The highest BCUT2D eigenvalue weighted by molar-refractivity contribution is 5.98. The highest BCUT2D eigenvalue weighted by Crippen LogP contribution is 2.26. The molecule has 1 aliphatic carbocycles. The Balaban J connectivity index is 1.73. The van der Waals surface area contributed by atoms with Crippen molar-refractivity contribution < 1.29 is 9.21 Å². The Morgan fingerprint density at radius 3 is 3.05 bits per heavy atom. The van der Waals surface area contributed by atoms with Gasteiger partial charge in [-0.2, -0.15) is 0 Å². The lowest BCUT2D eigenvalue weighted by atomic mass is 9.96. The SMILES string of the molecule is CC(CCc1ccco1)n1ccc2c1CCCC2=O. The number of aryl methyl sites for hydroxylation is 1. The van der Waals surface area contributed by atoms with E-state index in [0.717, 1.165) is 37.0 Å². The number of ketones is 1. The third-order valence-electron chi connectivity index (χ3n) is 4.01. The summed E-state index contributed by atoms with van der Waals surface area (Å²) in [6, 6.07) is 6.33. The fraction of sp³-hybridized carbons (Fsp3) is 0.438. The van der Waals surface area contributed by atoms with Crippen molar-refractivity contribution >= 4 is 5.78 Å². The van der Waals surface area contributed by atoms with Crippen molar-refractivity contribution in [3.63, 3.8) is 0 Å². The first kappa shape index (κ1) is 12.3. The molecule has 0 N–H and O–H groups in total. The molecule has 1 aliphatic rings. The molecular weight excluding hydrogens is 238 g/mol. The van der Waals surface area contributed by atoms with E-state index in [-0.39, 0.29) is 0 Å². The number of carbonyl (C=O) groups excluding carboxylic acids is 1. The Labute approximate surface area is 113 Å². The number of hydrogen-bond acceptors (Lipinski definition) is 2. The highest BCUT2D eigenvalue weighted by atomic mass is 16.3. The van der Waals surface area contributed by atoms with Crippen molar-refractivity contribution in [2.24, 2.45) is 0 Å². The second-order valence-electron chi connectivity index (χ2n) is 5.33. The van der Waals surface area contributed by atoms with E-state index < -0.39 is 0 Å². The smallest absolute Gasteiger partial charge is 0.164 e. The van der Waals surface area contributed by atoms with Crippen LogP contribution in [0.25, 0.3) is 0 Å². The summed E-state index contributed by atoms with van der Waals surface area (Å²) in [5.74, 6) is 1.34. The Morgan fingerprint density at radius 2 is 2.26 bits per heavy atom. The standard InChI is InChI=1S/C16H19NO2/c1-12(7-8-13-4-3-11-19-13)17-10-9-14-15(17)5-2-6-16(14)18/h3-4,9-12H,2,5-8H2,1H3. The molecule has 3 heteroatoms. The first-order chi connectivity index (χ1) is 9.25. The van der Waals surface area contributed by atoms with Crippen LogP contribution in [-0.2, 0) is 12.8 Å². The summed E-state index contributed by atoms with van der Waals surface area (Å²) >= 11 is 0. The summed E-state index contributed by atoms with van der Waals surface area (Å²) in [6.07, 6.45) is 8.48. The number of carbonyl (C=O) groups is 1. The van der Waals surface area contributed by atoms with Gasteiger partial charge in [0.2, 0.25) is 0 Å². The van der Waals surface area contributed by atoms with Gasteiger partial charge in [0.05, 0.1) is 6.26 Å². The average Bonchev–Trinajstić information content (AvgIpc) is 3.06. The summed E-state index contributed by atoms with van der Waals surface area (Å²) in [5.41, 5.74) is 2.17. The van der Waals surface area contributed by atoms with Crippen LogP contribution in [0.5, 0.6) is 0 Å². The minimum atomic E-state index is 0.304. The van der Waals surface area contributed by atoms with Crippen LogP contribution >= 0.6 is 0 Å². The molecule has 2 aromatic heterocycles. The zero-order chi connectivity index (χ0) is 13.2. The molecule has 0 fully saturated rings. The van der Waals surface area contributed by atoms with Crippen molar-refractivity contribution in [3.8, 4) is 0 Å². The Morgan fingerprint density at radius 1 is 1.37 bits per heavy atom. The number of rotatable bonds is 4. The molecular formula is C16H19NO2. The second kappa shape index (κ2) is 5.08. The van der Waals surface area contributed by atoms with Gasteiger partial charge < -0.3 is 8.98 Å². The predicted molar refractivity (Wildman–Crippen MR) is 73.4 cm³/mol. The van der Waals surface area contributed by atoms with Gasteiger partial charge in [-0.15, -0.1) is 0 Å². The zero-order valence-electron chi connectivity index (χ0n) is 11.3. The van der Waals surface area contributed by atoms with Crippen LogP contribution in [0, 0.1) is 0 Å². The van der Waals surface area contributed by atoms with Crippen LogP contribution in [0.1, 0.15) is 54.0 Å². The third kappa shape index (κ3) is 2.37. The van der Waals surface area contributed by atoms with E-state index in [1.165, 1.54) is 5.69 Å². The second-order valence-corrected chi connectivity index (χ2v) is 5.33. The summed E-state index contributed by atoms with van der Waals surface area (Å²) in [6.45, 7) is 2.21. The van der Waals surface area contributed by atoms with Gasteiger partial charge in [0.1, 0.15) is 5.76 Å². The number of fused-ring (bicyclic) bond motifs is 1. The monoisotopic (exact) mass is 257 g/mol. The lowest BCUT2D eigenvalue weighted by molar-refractivity contribution is 0.0971. The molecule has 1 unspecified atom stereocenters. The van der Waals surface area contributed by atoms with E-state index in [4.69, 9.17) is 4.42 Å². The number of Topliss-reactive ketones (excluding diaryl/α,β-unsaturated/α-hetero) is 1. The number of hydrogen-bond donors (Lipinski definition) is 0. The quantitative estimate of drug-likeness (QED) is 0.835. The van der Waals surface area contributed by atoms with Gasteiger partial charge in [-0.1, -0.05) is 0 Å². The van der Waals surface area contributed by atoms with E-state index in [1.807, 2.05) is 18.2 Å². The number of nitrogens with zero attached hydrogens (tertiary/aromatic N) is 1. The fourth-order valence-corrected chi connectivity index (χ4v) is 2.91. The molecule has 3 nitrogen and oxygen atoms in total. The molecule has 2 aromatic rings. The van der Waals surface area contributed by atoms with Crippen molar-refractivity contribution in [3.05, 3.63) is 47.7 Å². The first-order valence-corrected chi connectivity index (χ1v) is 7.01. The Bertz CT molecular complexity index is 566. The molecule has 0 saturated heterocycles. The molecule has 3 rings (SSSR count). The zero-order valence-corrected chi connectivity index (χ0v) is 11.3. The molecule has 0 saturated carbocycles.